The van der Waals surface area contributed by atoms with Crippen LogP contribution < -0.4 is 5.73 Å². The van der Waals surface area contributed by atoms with Gasteiger partial charge in [-0.2, -0.15) is 0 Å². The molecule has 2 N–H and O–H groups in total. The van der Waals surface area contributed by atoms with E-state index in [2.05, 4.69) is 51.3 Å². The summed E-state index contributed by atoms with van der Waals surface area (Å²) in [4.78, 5) is 4.83. The minimum atomic E-state index is -0.0531. The van der Waals surface area contributed by atoms with Crippen LogP contribution in [0.25, 0.3) is 11.3 Å². The first-order valence-corrected chi connectivity index (χ1v) is 7.29. The number of nitrogen functional groups attached to an aromatic ring is 1. The molecule has 0 aliphatic carbocycles. The zero-order valence-electron chi connectivity index (χ0n) is 13.2. The second kappa shape index (κ2) is 5.31. The normalized spacial score (nSPS) is 11.8. The highest BCUT2D eigenvalue weighted by Gasteiger charge is 2.24. The van der Waals surface area contributed by atoms with Crippen LogP contribution in [0.1, 0.15) is 45.5 Å². The first kappa shape index (κ1) is 14.6. The van der Waals surface area contributed by atoms with Crippen LogP contribution in [0.4, 0.5) is 5.82 Å². The average molecular weight is 271 g/mol. The Bertz CT molecular complexity index is 603. The average Bonchev–Trinajstić information content (AvgIpc) is 2.67. The number of imidazole rings is 1. The summed E-state index contributed by atoms with van der Waals surface area (Å²) in [7, 11) is 0. The van der Waals surface area contributed by atoms with Gasteiger partial charge in [-0.05, 0) is 39.7 Å². The second-order valence-corrected chi connectivity index (χ2v) is 6.33. The Morgan fingerprint density at radius 1 is 1.20 bits per heavy atom. The summed E-state index contributed by atoms with van der Waals surface area (Å²) in [6, 6.07) is 8.28. The van der Waals surface area contributed by atoms with Crippen molar-refractivity contribution in [1.82, 2.24) is 9.55 Å². The van der Waals surface area contributed by atoms with Gasteiger partial charge in [0.2, 0.25) is 0 Å². The molecule has 0 unspecified atom stereocenters. The van der Waals surface area contributed by atoms with Crippen LogP contribution in [-0.2, 0) is 12.0 Å². The Balaban J connectivity index is 2.65. The molecule has 3 heteroatoms. The third kappa shape index (κ3) is 2.58. The van der Waals surface area contributed by atoms with Crippen molar-refractivity contribution in [3.63, 3.8) is 0 Å². The molecule has 0 saturated carbocycles. The van der Waals surface area contributed by atoms with Crippen molar-refractivity contribution in [3.05, 3.63) is 35.7 Å². The molecular formula is C17H25N3. The van der Waals surface area contributed by atoms with Crippen LogP contribution >= 0.6 is 0 Å². The first-order chi connectivity index (χ1) is 9.36. The Kier molecular flexibility index (Phi) is 3.89. The molecule has 0 radical (unpaired) electrons. The van der Waals surface area contributed by atoms with Crippen molar-refractivity contribution in [2.45, 2.75) is 53.0 Å². The number of aromatic nitrogens is 2. The van der Waals surface area contributed by atoms with E-state index in [1.165, 1.54) is 5.56 Å². The maximum Gasteiger partial charge on any atom is 0.132 e. The van der Waals surface area contributed by atoms with Crippen molar-refractivity contribution in [3.8, 4) is 11.3 Å². The molecule has 0 atom stereocenters. The molecule has 0 fully saturated rings. The Labute approximate surface area is 121 Å². The second-order valence-electron chi connectivity index (χ2n) is 6.33. The van der Waals surface area contributed by atoms with Gasteiger partial charge in [0.25, 0.3) is 0 Å². The zero-order chi connectivity index (χ0) is 14.9. The number of hydrogen-bond donors (Lipinski definition) is 1. The SMILES string of the molecule is CCCc1nc(-c2ccccc2C)c(N)n1C(C)(C)C. The van der Waals surface area contributed by atoms with Gasteiger partial charge in [-0.25, -0.2) is 4.98 Å². The summed E-state index contributed by atoms with van der Waals surface area (Å²) in [6.07, 6.45) is 2.02. The van der Waals surface area contributed by atoms with Crippen LogP contribution in [0.3, 0.4) is 0 Å². The van der Waals surface area contributed by atoms with Crippen molar-refractivity contribution in [1.29, 1.82) is 0 Å². The zero-order valence-corrected chi connectivity index (χ0v) is 13.2. The highest BCUT2D eigenvalue weighted by molar-refractivity contribution is 5.73. The standard InChI is InChI=1S/C17H25N3/c1-6-9-14-19-15(13-11-8-7-10-12(13)2)16(18)20(14)17(3,4)5/h7-8,10-11H,6,9,18H2,1-5H3. The largest absolute Gasteiger partial charge is 0.383 e. The van der Waals surface area contributed by atoms with E-state index in [9.17, 15) is 0 Å². The fourth-order valence-electron chi connectivity index (χ4n) is 2.66. The lowest BCUT2D eigenvalue weighted by Crippen LogP contribution is -2.25. The molecule has 3 nitrogen and oxygen atoms in total. The molecule has 0 aliphatic rings. The Hall–Kier alpha value is -1.77. The minimum Gasteiger partial charge on any atom is -0.383 e. The number of hydrogen-bond acceptors (Lipinski definition) is 2. The van der Waals surface area contributed by atoms with Gasteiger partial charge in [-0.15, -0.1) is 0 Å². The van der Waals surface area contributed by atoms with Crippen molar-refractivity contribution < 1.29 is 0 Å². The third-order valence-electron chi connectivity index (χ3n) is 3.53. The minimum absolute atomic E-state index is 0.0531. The van der Waals surface area contributed by atoms with Crippen LogP contribution in [0.5, 0.6) is 0 Å². The maximum atomic E-state index is 6.42. The monoisotopic (exact) mass is 271 g/mol. The van der Waals surface area contributed by atoms with Crippen LogP contribution in [0.2, 0.25) is 0 Å². The summed E-state index contributed by atoms with van der Waals surface area (Å²) in [6.45, 7) is 10.8. The quantitative estimate of drug-likeness (QED) is 0.911. The highest BCUT2D eigenvalue weighted by atomic mass is 15.2. The maximum absolute atomic E-state index is 6.42. The fourth-order valence-corrected chi connectivity index (χ4v) is 2.66. The fraction of sp³-hybridized carbons (Fsp3) is 0.471. The molecule has 1 heterocycles. The number of benzene rings is 1. The predicted molar refractivity (Wildman–Crippen MR) is 85.8 cm³/mol. The highest BCUT2D eigenvalue weighted by Crippen LogP contribution is 2.33. The van der Waals surface area contributed by atoms with E-state index in [0.29, 0.717) is 0 Å². The van der Waals surface area contributed by atoms with Gasteiger partial charge in [-0.1, -0.05) is 31.2 Å². The lowest BCUT2D eigenvalue weighted by Gasteiger charge is -2.25. The van der Waals surface area contributed by atoms with Gasteiger partial charge in [0.1, 0.15) is 17.3 Å². The van der Waals surface area contributed by atoms with Crippen LogP contribution in [0.15, 0.2) is 24.3 Å². The van der Waals surface area contributed by atoms with E-state index in [4.69, 9.17) is 10.7 Å². The number of rotatable bonds is 3. The molecule has 2 aromatic rings. The molecular weight excluding hydrogens is 246 g/mol. The van der Waals surface area contributed by atoms with E-state index < -0.39 is 0 Å². The van der Waals surface area contributed by atoms with Crippen LogP contribution in [-0.4, -0.2) is 9.55 Å². The molecule has 0 aliphatic heterocycles. The molecule has 108 valence electrons. The Morgan fingerprint density at radius 2 is 1.85 bits per heavy atom. The van der Waals surface area contributed by atoms with E-state index >= 15 is 0 Å². The molecule has 0 saturated heterocycles. The summed E-state index contributed by atoms with van der Waals surface area (Å²) in [5.41, 5.74) is 9.63. The van der Waals surface area contributed by atoms with Crippen molar-refractivity contribution in [2.75, 3.05) is 5.73 Å². The number of nitrogens with zero attached hydrogens (tertiary/aromatic N) is 2. The lowest BCUT2D eigenvalue weighted by atomic mass is 10.1. The summed E-state index contributed by atoms with van der Waals surface area (Å²) in [5.74, 6) is 1.85. The van der Waals surface area contributed by atoms with Gasteiger partial charge < -0.3 is 10.3 Å². The van der Waals surface area contributed by atoms with Gasteiger partial charge in [0.15, 0.2) is 0 Å². The number of aryl methyl sites for hydroxylation is 2. The smallest absolute Gasteiger partial charge is 0.132 e. The van der Waals surface area contributed by atoms with Gasteiger partial charge in [0, 0.05) is 17.5 Å². The molecule has 1 aromatic carbocycles. The van der Waals surface area contributed by atoms with Gasteiger partial charge in [0.05, 0.1) is 0 Å². The predicted octanol–water partition coefficient (Wildman–Crippen LogP) is 4.15. The van der Waals surface area contributed by atoms with Crippen molar-refractivity contribution in [2.24, 2.45) is 0 Å². The van der Waals surface area contributed by atoms with Crippen molar-refractivity contribution >= 4 is 5.82 Å². The molecule has 20 heavy (non-hydrogen) atoms. The number of anilines is 1. The molecule has 2 rings (SSSR count). The molecule has 0 amide bonds. The van der Waals surface area contributed by atoms with Crippen LogP contribution in [0, 0.1) is 6.92 Å². The van der Waals surface area contributed by atoms with E-state index in [0.717, 1.165) is 35.7 Å². The van der Waals surface area contributed by atoms with Gasteiger partial charge >= 0.3 is 0 Å². The lowest BCUT2D eigenvalue weighted by molar-refractivity contribution is 0.387. The topological polar surface area (TPSA) is 43.8 Å². The summed E-state index contributed by atoms with van der Waals surface area (Å²) >= 11 is 0. The van der Waals surface area contributed by atoms with E-state index in [1.807, 2.05) is 12.1 Å². The third-order valence-corrected chi connectivity index (χ3v) is 3.53. The molecule has 0 spiro atoms. The Morgan fingerprint density at radius 3 is 2.40 bits per heavy atom. The van der Waals surface area contributed by atoms with E-state index in [1.54, 1.807) is 0 Å². The molecule has 0 bridgehead atoms. The number of nitrogens with two attached hydrogens (primary N) is 1. The first-order valence-electron chi connectivity index (χ1n) is 7.29. The summed E-state index contributed by atoms with van der Waals surface area (Å²) < 4.78 is 2.18. The summed E-state index contributed by atoms with van der Waals surface area (Å²) in [5, 5.41) is 0. The molecule has 1 aromatic heterocycles. The van der Waals surface area contributed by atoms with Gasteiger partial charge in [-0.3, -0.25) is 0 Å². The van der Waals surface area contributed by atoms with E-state index in [-0.39, 0.29) is 5.54 Å².